The molecule has 0 unspecified atom stereocenters. The van der Waals surface area contributed by atoms with Crippen molar-refractivity contribution < 1.29 is 4.42 Å². The zero-order chi connectivity index (χ0) is 30.9. The summed E-state index contributed by atoms with van der Waals surface area (Å²) in [5.41, 5.74) is 9.15. The molecule has 0 fully saturated rings. The van der Waals surface area contributed by atoms with Crippen molar-refractivity contribution in [3.63, 3.8) is 0 Å². The van der Waals surface area contributed by atoms with E-state index in [1.54, 1.807) is 0 Å². The van der Waals surface area contributed by atoms with Gasteiger partial charge < -0.3 is 4.42 Å². The lowest BCUT2D eigenvalue weighted by molar-refractivity contribution is 0.669. The molecule has 0 amide bonds. The minimum absolute atomic E-state index is 0.903. The molecule has 1 aromatic heterocycles. The predicted molar refractivity (Wildman–Crippen MR) is 200 cm³/mol. The number of benzene rings is 9. The van der Waals surface area contributed by atoms with Gasteiger partial charge in [-0.2, -0.15) is 0 Å². The third-order valence-corrected chi connectivity index (χ3v) is 9.86. The maximum absolute atomic E-state index is 6.51. The van der Waals surface area contributed by atoms with Gasteiger partial charge in [-0.3, -0.25) is 0 Å². The van der Waals surface area contributed by atoms with Crippen molar-refractivity contribution in [1.82, 2.24) is 0 Å². The average Bonchev–Trinajstić information content (AvgIpc) is 3.52. The number of fused-ring (bicyclic) bond motifs is 8. The topological polar surface area (TPSA) is 13.1 Å². The van der Waals surface area contributed by atoms with Crippen LogP contribution in [-0.4, -0.2) is 0 Å². The summed E-state index contributed by atoms with van der Waals surface area (Å²) in [5, 5.41) is 12.3. The van der Waals surface area contributed by atoms with E-state index >= 15 is 0 Å². The first-order chi connectivity index (χ1) is 23.3. The van der Waals surface area contributed by atoms with Gasteiger partial charge in [-0.1, -0.05) is 152 Å². The second-order valence-electron chi connectivity index (χ2n) is 12.4. The molecule has 0 aliphatic heterocycles. The van der Waals surface area contributed by atoms with Crippen LogP contribution in [0, 0.1) is 0 Å². The van der Waals surface area contributed by atoms with Crippen LogP contribution >= 0.6 is 0 Å². The molecule has 0 atom stereocenters. The zero-order valence-corrected chi connectivity index (χ0v) is 25.6. The van der Waals surface area contributed by atoms with Crippen LogP contribution in [0.3, 0.4) is 0 Å². The third-order valence-electron chi connectivity index (χ3n) is 9.86. The van der Waals surface area contributed by atoms with E-state index in [0.29, 0.717) is 0 Å². The third kappa shape index (κ3) is 3.90. The summed E-state index contributed by atoms with van der Waals surface area (Å²) in [6.07, 6.45) is 0. The number of hydrogen-bond acceptors (Lipinski definition) is 1. The molecule has 1 heteroatoms. The van der Waals surface area contributed by atoms with Crippen LogP contribution in [0.15, 0.2) is 174 Å². The number of rotatable bonds is 3. The highest BCUT2D eigenvalue weighted by atomic mass is 16.3. The Labute approximate surface area is 271 Å². The lowest BCUT2D eigenvalue weighted by atomic mass is 9.83. The van der Waals surface area contributed by atoms with Crippen LogP contribution in [0.4, 0.5) is 0 Å². The second kappa shape index (κ2) is 10.2. The lowest BCUT2D eigenvalue weighted by Crippen LogP contribution is -1.92. The first-order valence-electron chi connectivity index (χ1n) is 16.2. The van der Waals surface area contributed by atoms with Crippen molar-refractivity contribution in [3.8, 4) is 33.4 Å². The van der Waals surface area contributed by atoms with Gasteiger partial charge in [0, 0.05) is 10.8 Å². The van der Waals surface area contributed by atoms with Gasteiger partial charge in [-0.25, -0.2) is 0 Å². The van der Waals surface area contributed by atoms with E-state index in [9.17, 15) is 0 Å². The maximum atomic E-state index is 6.51. The van der Waals surface area contributed by atoms with Crippen LogP contribution < -0.4 is 0 Å². The molecular weight excluding hydrogens is 569 g/mol. The standard InChI is InChI=1S/C46H28O/c1-2-12-29(13-3-1)31-25-27-42-41(28-31)46-40(22-11-23-43(46)47-42)45-38-18-8-6-16-36(38)44(37-17-7-9-19-39(37)45)35-21-10-20-33-32-15-5-4-14-30(32)24-26-34(33)35/h1-28H. The highest BCUT2D eigenvalue weighted by molar-refractivity contribution is 6.27. The molecule has 0 N–H and O–H groups in total. The van der Waals surface area contributed by atoms with Gasteiger partial charge in [0.25, 0.3) is 0 Å². The van der Waals surface area contributed by atoms with Gasteiger partial charge in [-0.05, 0) is 94.7 Å². The van der Waals surface area contributed by atoms with Crippen molar-refractivity contribution in [2.75, 3.05) is 0 Å². The lowest BCUT2D eigenvalue weighted by Gasteiger charge is -2.19. The molecule has 1 nitrogen and oxygen atoms in total. The van der Waals surface area contributed by atoms with E-state index in [-0.39, 0.29) is 0 Å². The van der Waals surface area contributed by atoms with Gasteiger partial charge in [0.1, 0.15) is 11.2 Å². The summed E-state index contributed by atoms with van der Waals surface area (Å²) >= 11 is 0. The van der Waals surface area contributed by atoms with Gasteiger partial charge in [0.15, 0.2) is 0 Å². The van der Waals surface area contributed by atoms with Crippen LogP contribution in [0.5, 0.6) is 0 Å². The predicted octanol–water partition coefficient (Wildman–Crippen LogP) is 13.2. The van der Waals surface area contributed by atoms with Crippen molar-refractivity contribution in [3.05, 3.63) is 170 Å². The summed E-state index contributed by atoms with van der Waals surface area (Å²) in [5.74, 6) is 0. The Bertz CT molecular complexity index is 2780. The maximum Gasteiger partial charge on any atom is 0.136 e. The van der Waals surface area contributed by atoms with Crippen molar-refractivity contribution in [2.24, 2.45) is 0 Å². The minimum Gasteiger partial charge on any atom is -0.456 e. The first-order valence-corrected chi connectivity index (χ1v) is 16.2. The molecule has 0 bridgehead atoms. The summed E-state index contributed by atoms with van der Waals surface area (Å²) in [4.78, 5) is 0. The van der Waals surface area contributed by atoms with Gasteiger partial charge >= 0.3 is 0 Å². The Morgan fingerprint density at radius 1 is 0.298 bits per heavy atom. The Balaban J connectivity index is 1.32. The van der Waals surface area contributed by atoms with Crippen LogP contribution in [-0.2, 0) is 0 Å². The molecule has 9 aromatic carbocycles. The molecule has 0 aliphatic carbocycles. The fraction of sp³-hybridized carbons (Fsp3) is 0. The number of furan rings is 1. The molecule has 10 aromatic rings. The largest absolute Gasteiger partial charge is 0.456 e. The van der Waals surface area contributed by atoms with Gasteiger partial charge in [0.2, 0.25) is 0 Å². The smallest absolute Gasteiger partial charge is 0.136 e. The monoisotopic (exact) mass is 596 g/mol. The molecule has 1 heterocycles. The van der Waals surface area contributed by atoms with Crippen LogP contribution in [0.25, 0.3) is 98.4 Å². The molecule has 47 heavy (non-hydrogen) atoms. The highest BCUT2D eigenvalue weighted by Gasteiger charge is 2.21. The first kappa shape index (κ1) is 26.1. The molecular formula is C46H28O. The number of hydrogen-bond donors (Lipinski definition) is 0. The quantitative estimate of drug-likeness (QED) is 0.146. The second-order valence-corrected chi connectivity index (χ2v) is 12.4. The fourth-order valence-corrected chi connectivity index (χ4v) is 7.81. The summed E-state index contributed by atoms with van der Waals surface area (Å²) in [6, 6.07) is 61.5. The van der Waals surface area contributed by atoms with E-state index in [1.165, 1.54) is 76.5 Å². The minimum atomic E-state index is 0.903. The Kier molecular flexibility index (Phi) is 5.64. The van der Waals surface area contributed by atoms with Gasteiger partial charge in [-0.15, -0.1) is 0 Å². The zero-order valence-electron chi connectivity index (χ0n) is 25.6. The van der Waals surface area contributed by atoms with E-state index in [4.69, 9.17) is 4.42 Å². The van der Waals surface area contributed by atoms with E-state index in [0.717, 1.165) is 21.9 Å². The van der Waals surface area contributed by atoms with E-state index < -0.39 is 0 Å². The normalized spacial score (nSPS) is 11.8. The van der Waals surface area contributed by atoms with Crippen molar-refractivity contribution in [1.29, 1.82) is 0 Å². The summed E-state index contributed by atoms with van der Waals surface area (Å²) < 4.78 is 6.51. The molecule has 10 rings (SSSR count). The van der Waals surface area contributed by atoms with Gasteiger partial charge in [0.05, 0.1) is 0 Å². The van der Waals surface area contributed by atoms with E-state index in [1.807, 2.05) is 0 Å². The average molecular weight is 597 g/mol. The fourth-order valence-electron chi connectivity index (χ4n) is 7.81. The molecule has 0 aliphatic rings. The highest BCUT2D eigenvalue weighted by Crippen LogP contribution is 2.48. The van der Waals surface area contributed by atoms with Crippen molar-refractivity contribution >= 4 is 65.0 Å². The molecule has 0 saturated heterocycles. The van der Waals surface area contributed by atoms with Crippen molar-refractivity contribution in [2.45, 2.75) is 0 Å². The summed E-state index contributed by atoms with van der Waals surface area (Å²) in [6.45, 7) is 0. The molecule has 0 spiro atoms. The van der Waals surface area contributed by atoms with Crippen LogP contribution in [0.1, 0.15) is 0 Å². The summed E-state index contributed by atoms with van der Waals surface area (Å²) in [7, 11) is 0. The Hall–Kier alpha value is -6.18. The Morgan fingerprint density at radius 3 is 1.64 bits per heavy atom. The van der Waals surface area contributed by atoms with E-state index in [2.05, 4.69) is 170 Å². The molecule has 0 radical (unpaired) electrons. The SMILES string of the molecule is c1ccc(-c2ccc3oc4cccc(-c5c6ccccc6c(-c6cccc7c6ccc6ccccc67)c6ccccc56)c4c3c2)cc1. The molecule has 218 valence electrons. The molecule has 0 saturated carbocycles. The Morgan fingerprint density at radius 2 is 0.894 bits per heavy atom. The van der Waals surface area contributed by atoms with Crippen LogP contribution in [0.2, 0.25) is 0 Å².